The van der Waals surface area contributed by atoms with Crippen molar-refractivity contribution in [2.45, 2.75) is 0 Å². The van der Waals surface area contributed by atoms with Gasteiger partial charge in [-0.3, -0.25) is 4.79 Å². The van der Waals surface area contributed by atoms with Gasteiger partial charge in [-0.2, -0.15) is 5.48 Å². The van der Waals surface area contributed by atoms with Gasteiger partial charge < -0.3 is 10.6 Å². The summed E-state index contributed by atoms with van der Waals surface area (Å²) in [6.07, 6.45) is 0. The summed E-state index contributed by atoms with van der Waals surface area (Å²) in [4.78, 5) is 14.1. The molecule has 0 bridgehead atoms. The number of nitrogens with two attached hydrogens (primary N) is 1. The molecular formula is C3H8N2O2. The molecule has 1 amide bonds. The van der Waals surface area contributed by atoms with Crippen LogP contribution >= 0.6 is 0 Å². The fourth-order valence-corrected chi connectivity index (χ4v) is 0.143. The second-order valence-corrected chi connectivity index (χ2v) is 0.992. The summed E-state index contributed by atoms with van der Waals surface area (Å²) in [5, 5.41) is 0. The quantitative estimate of drug-likeness (QED) is 0.434. The van der Waals surface area contributed by atoms with Crippen LogP contribution in [-0.4, -0.2) is 19.6 Å². The predicted molar refractivity (Wildman–Crippen MR) is 24.2 cm³/mol. The molecule has 0 aliphatic heterocycles. The van der Waals surface area contributed by atoms with Crippen LogP contribution in [-0.2, 0) is 9.63 Å². The SMILES string of the molecule is CONCC(N)=O. The van der Waals surface area contributed by atoms with Gasteiger partial charge in [0.25, 0.3) is 0 Å². The zero-order valence-electron chi connectivity index (χ0n) is 4.10. The van der Waals surface area contributed by atoms with E-state index in [0.717, 1.165) is 0 Å². The number of amides is 1. The number of hydrogen-bond acceptors (Lipinski definition) is 3. The van der Waals surface area contributed by atoms with Gasteiger partial charge in [0.1, 0.15) is 0 Å². The van der Waals surface area contributed by atoms with E-state index in [-0.39, 0.29) is 6.54 Å². The Bertz CT molecular complexity index is 64.0. The Morgan fingerprint density at radius 1 is 2.00 bits per heavy atom. The third kappa shape index (κ3) is 5.39. The van der Waals surface area contributed by atoms with Gasteiger partial charge in [0, 0.05) is 0 Å². The molecule has 0 aromatic heterocycles. The summed E-state index contributed by atoms with van der Waals surface area (Å²) in [6.45, 7) is 0.0660. The summed E-state index contributed by atoms with van der Waals surface area (Å²) < 4.78 is 0. The Morgan fingerprint density at radius 2 is 2.57 bits per heavy atom. The summed E-state index contributed by atoms with van der Waals surface area (Å²) in [6, 6.07) is 0. The zero-order valence-corrected chi connectivity index (χ0v) is 4.10. The second kappa shape index (κ2) is 3.58. The molecule has 0 spiro atoms. The van der Waals surface area contributed by atoms with E-state index < -0.39 is 5.91 Å². The van der Waals surface area contributed by atoms with Crippen LogP contribution in [0.1, 0.15) is 0 Å². The minimum Gasteiger partial charge on any atom is -0.368 e. The minimum absolute atomic E-state index is 0.0660. The first-order valence-electron chi connectivity index (χ1n) is 1.81. The van der Waals surface area contributed by atoms with E-state index in [2.05, 4.69) is 10.3 Å². The normalized spacial score (nSPS) is 8.71. The third-order valence-corrected chi connectivity index (χ3v) is 0.391. The lowest BCUT2D eigenvalue weighted by Gasteiger charge is -1.92. The highest BCUT2D eigenvalue weighted by Crippen LogP contribution is 1.52. The monoisotopic (exact) mass is 104 g/mol. The van der Waals surface area contributed by atoms with Crippen molar-refractivity contribution in [3.05, 3.63) is 0 Å². The van der Waals surface area contributed by atoms with E-state index >= 15 is 0 Å². The number of nitrogens with one attached hydrogen (secondary N) is 1. The Kier molecular flexibility index (Phi) is 3.26. The molecule has 0 aromatic carbocycles. The highest BCUT2D eigenvalue weighted by atomic mass is 16.6. The van der Waals surface area contributed by atoms with Gasteiger partial charge in [0.05, 0.1) is 13.7 Å². The van der Waals surface area contributed by atoms with Crippen molar-refractivity contribution in [2.24, 2.45) is 5.73 Å². The van der Waals surface area contributed by atoms with Gasteiger partial charge in [-0.05, 0) is 0 Å². The summed E-state index contributed by atoms with van der Waals surface area (Å²) in [5.74, 6) is -0.429. The summed E-state index contributed by atoms with van der Waals surface area (Å²) in [5.41, 5.74) is 6.97. The maximum Gasteiger partial charge on any atom is 0.233 e. The molecule has 0 aromatic rings. The van der Waals surface area contributed by atoms with Crippen LogP contribution in [0.15, 0.2) is 0 Å². The summed E-state index contributed by atoms with van der Waals surface area (Å²) in [7, 11) is 1.42. The van der Waals surface area contributed by atoms with Crippen molar-refractivity contribution in [2.75, 3.05) is 13.7 Å². The first kappa shape index (κ1) is 6.39. The van der Waals surface area contributed by atoms with Crippen molar-refractivity contribution in [3.8, 4) is 0 Å². The van der Waals surface area contributed by atoms with Crippen LogP contribution in [0.2, 0.25) is 0 Å². The number of carbonyl (C=O) groups excluding carboxylic acids is 1. The molecule has 4 heteroatoms. The zero-order chi connectivity index (χ0) is 5.70. The first-order chi connectivity index (χ1) is 3.27. The largest absolute Gasteiger partial charge is 0.368 e. The molecule has 4 nitrogen and oxygen atoms in total. The molecule has 42 valence electrons. The van der Waals surface area contributed by atoms with Crippen molar-refractivity contribution < 1.29 is 9.63 Å². The molecule has 0 radical (unpaired) electrons. The molecule has 3 N–H and O–H groups in total. The van der Waals surface area contributed by atoms with Crippen LogP contribution in [0.5, 0.6) is 0 Å². The molecule has 7 heavy (non-hydrogen) atoms. The number of hydrogen-bond donors (Lipinski definition) is 2. The molecule has 0 saturated carbocycles. The molecule has 0 aliphatic carbocycles. The smallest absolute Gasteiger partial charge is 0.233 e. The maximum absolute atomic E-state index is 9.84. The third-order valence-electron chi connectivity index (χ3n) is 0.391. The molecule has 0 fully saturated rings. The van der Waals surface area contributed by atoms with Crippen molar-refractivity contribution in [3.63, 3.8) is 0 Å². The number of rotatable bonds is 3. The molecule has 0 aliphatic rings. The van der Waals surface area contributed by atoms with Crippen LogP contribution in [0.25, 0.3) is 0 Å². The van der Waals surface area contributed by atoms with E-state index in [4.69, 9.17) is 5.73 Å². The van der Waals surface area contributed by atoms with Gasteiger partial charge in [0.15, 0.2) is 0 Å². The van der Waals surface area contributed by atoms with Crippen molar-refractivity contribution in [1.82, 2.24) is 5.48 Å². The van der Waals surface area contributed by atoms with Crippen molar-refractivity contribution >= 4 is 5.91 Å². The fraction of sp³-hybridized carbons (Fsp3) is 0.667. The highest BCUT2D eigenvalue weighted by molar-refractivity contribution is 5.75. The predicted octanol–water partition coefficient (Wildman–Crippen LogP) is -1.38. The lowest BCUT2D eigenvalue weighted by Crippen LogP contribution is -2.27. The standard InChI is InChI=1S/C3H8N2O2/c1-7-5-2-3(4)6/h5H,2H2,1H3,(H2,4,6). The van der Waals surface area contributed by atoms with Crippen LogP contribution in [0.3, 0.4) is 0 Å². The molecule has 0 unspecified atom stereocenters. The Hall–Kier alpha value is -0.610. The Morgan fingerprint density at radius 3 is 2.71 bits per heavy atom. The average Bonchev–Trinajstić information content (AvgIpc) is 1.61. The maximum atomic E-state index is 9.84. The van der Waals surface area contributed by atoms with Crippen LogP contribution in [0, 0.1) is 0 Å². The van der Waals surface area contributed by atoms with Gasteiger partial charge in [-0.25, -0.2) is 0 Å². The minimum atomic E-state index is -0.429. The lowest BCUT2D eigenvalue weighted by atomic mass is 10.7. The molecule has 0 heterocycles. The second-order valence-electron chi connectivity index (χ2n) is 0.992. The first-order valence-corrected chi connectivity index (χ1v) is 1.81. The van der Waals surface area contributed by atoms with Crippen LogP contribution < -0.4 is 11.2 Å². The number of hydroxylamine groups is 1. The molecule has 0 rings (SSSR count). The van der Waals surface area contributed by atoms with E-state index in [1.807, 2.05) is 0 Å². The van der Waals surface area contributed by atoms with Gasteiger partial charge in [-0.1, -0.05) is 0 Å². The Labute approximate surface area is 41.6 Å². The van der Waals surface area contributed by atoms with E-state index in [1.165, 1.54) is 7.11 Å². The van der Waals surface area contributed by atoms with Gasteiger partial charge >= 0.3 is 0 Å². The fourth-order valence-electron chi connectivity index (χ4n) is 0.143. The van der Waals surface area contributed by atoms with Gasteiger partial charge in [0.2, 0.25) is 5.91 Å². The summed E-state index contributed by atoms with van der Waals surface area (Å²) >= 11 is 0. The Balaban J connectivity index is 2.82. The molecular weight excluding hydrogens is 96.0 g/mol. The van der Waals surface area contributed by atoms with Gasteiger partial charge in [-0.15, -0.1) is 0 Å². The number of primary amides is 1. The van der Waals surface area contributed by atoms with Crippen LogP contribution in [0.4, 0.5) is 0 Å². The number of carbonyl (C=O) groups is 1. The molecule has 0 atom stereocenters. The van der Waals surface area contributed by atoms with E-state index in [9.17, 15) is 4.79 Å². The van der Waals surface area contributed by atoms with E-state index in [0.29, 0.717) is 0 Å². The molecule has 0 saturated heterocycles. The lowest BCUT2D eigenvalue weighted by molar-refractivity contribution is -0.119. The average molecular weight is 104 g/mol. The topological polar surface area (TPSA) is 64.3 Å². The van der Waals surface area contributed by atoms with E-state index in [1.54, 1.807) is 0 Å². The highest BCUT2D eigenvalue weighted by Gasteiger charge is 1.86. The van der Waals surface area contributed by atoms with Crippen molar-refractivity contribution in [1.29, 1.82) is 0 Å².